The molecule has 0 atom stereocenters. The summed E-state index contributed by atoms with van der Waals surface area (Å²) in [4.78, 5) is 0. The molecule has 1 aliphatic carbocycles. The Morgan fingerprint density at radius 3 is 2.36 bits per heavy atom. The maximum absolute atomic E-state index is 2.43. The normalized spacial score (nSPS) is 14.2. The van der Waals surface area contributed by atoms with Gasteiger partial charge in [0.15, 0.2) is 6.20 Å². The van der Waals surface area contributed by atoms with Crippen molar-refractivity contribution in [3.05, 3.63) is 52.7 Å². The highest BCUT2D eigenvalue weighted by atomic mass is 14.9. The van der Waals surface area contributed by atoms with Gasteiger partial charge in [0, 0.05) is 17.2 Å². The van der Waals surface area contributed by atoms with Gasteiger partial charge in [-0.1, -0.05) is 26.8 Å². The molecule has 0 bridgehead atoms. The number of pyridine rings is 1. The van der Waals surface area contributed by atoms with E-state index in [9.17, 15) is 0 Å². The fourth-order valence-electron chi connectivity index (χ4n) is 3.68. The first-order chi connectivity index (χ1) is 10.3. The zero-order valence-corrected chi connectivity index (χ0v) is 14.7. The topological polar surface area (TPSA) is 3.88 Å². The fraction of sp³-hybridized carbons (Fsp3) is 0.476. The molecule has 0 aliphatic heterocycles. The quantitative estimate of drug-likeness (QED) is 0.715. The monoisotopic (exact) mass is 294 g/mol. The predicted octanol–water partition coefficient (Wildman–Crippen LogP) is 4.56. The van der Waals surface area contributed by atoms with Crippen LogP contribution in [0.3, 0.4) is 0 Å². The van der Waals surface area contributed by atoms with Gasteiger partial charge >= 0.3 is 0 Å². The lowest BCUT2D eigenvalue weighted by molar-refractivity contribution is -0.660. The van der Waals surface area contributed by atoms with Crippen molar-refractivity contribution in [1.29, 1.82) is 0 Å². The third-order valence-corrected chi connectivity index (χ3v) is 4.64. The van der Waals surface area contributed by atoms with E-state index < -0.39 is 0 Å². The number of rotatable bonds is 2. The molecule has 0 saturated heterocycles. The molecule has 0 radical (unpaired) electrons. The van der Waals surface area contributed by atoms with Crippen molar-refractivity contribution in [2.24, 2.45) is 12.5 Å². The summed E-state index contributed by atoms with van der Waals surface area (Å²) >= 11 is 0. The van der Waals surface area contributed by atoms with E-state index in [-0.39, 0.29) is 0 Å². The number of fused-ring (bicyclic) bond motifs is 1. The van der Waals surface area contributed by atoms with Gasteiger partial charge in [-0.2, -0.15) is 0 Å². The molecule has 0 spiro atoms. The van der Waals surface area contributed by atoms with Crippen molar-refractivity contribution in [2.75, 3.05) is 0 Å². The number of hydrogen-bond acceptors (Lipinski definition) is 0. The van der Waals surface area contributed by atoms with Gasteiger partial charge in [-0.05, 0) is 66.8 Å². The summed E-state index contributed by atoms with van der Waals surface area (Å²) in [5, 5.41) is 0. The third kappa shape index (κ3) is 3.09. The van der Waals surface area contributed by atoms with Crippen LogP contribution in [0.1, 0.15) is 49.4 Å². The Labute approximate surface area is 135 Å². The van der Waals surface area contributed by atoms with Gasteiger partial charge < -0.3 is 0 Å². The average Bonchev–Trinajstić information content (AvgIpc) is 2.83. The first-order valence-electron chi connectivity index (χ1n) is 8.45. The van der Waals surface area contributed by atoms with E-state index >= 15 is 0 Å². The lowest BCUT2D eigenvalue weighted by Crippen LogP contribution is -2.32. The first kappa shape index (κ1) is 15.3. The highest BCUT2D eigenvalue weighted by Gasteiger charge is 2.19. The van der Waals surface area contributed by atoms with Gasteiger partial charge in [0.1, 0.15) is 7.05 Å². The Kier molecular flexibility index (Phi) is 3.84. The van der Waals surface area contributed by atoms with E-state index in [0.29, 0.717) is 5.41 Å². The van der Waals surface area contributed by atoms with Gasteiger partial charge in [0.2, 0.25) is 5.69 Å². The molecule has 1 heterocycles. The summed E-state index contributed by atoms with van der Waals surface area (Å²) in [5.41, 5.74) is 8.98. The second kappa shape index (κ2) is 5.53. The van der Waals surface area contributed by atoms with Gasteiger partial charge in [-0.15, -0.1) is 0 Å². The lowest BCUT2D eigenvalue weighted by Gasteiger charge is -2.17. The highest BCUT2D eigenvalue weighted by molar-refractivity contribution is 5.64. The molecule has 3 rings (SSSR count). The van der Waals surface area contributed by atoms with Crippen molar-refractivity contribution in [1.82, 2.24) is 0 Å². The SMILES string of the molecule is Cc1cc2c(cc1-c1ccc(CC(C)(C)C)c[n+]1C)CCC2. The molecule has 0 N–H and O–H groups in total. The van der Waals surface area contributed by atoms with Crippen LogP contribution in [0, 0.1) is 12.3 Å². The Bertz CT molecular complexity index is 705. The van der Waals surface area contributed by atoms with Crippen LogP contribution < -0.4 is 4.57 Å². The van der Waals surface area contributed by atoms with Crippen LogP contribution in [-0.4, -0.2) is 0 Å². The number of aromatic nitrogens is 1. The molecule has 0 saturated carbocycles. The summed E-state index contributed by atoms with van der Waals surface area (Å²) in [7, 11) is 2.17. The molecule has 1 aromatic carbocycles. The minimum absolute atomic E-state index is 0.331. The van der Waals surface area contributed by atoms with Crippen LogP contribution in [0.4, 0.5) is 0 Å². The molecular formula is C21H28N+. The van der Waals surface area contributed by atoms with Crippen LogP contribution in [0.5, 0.6) is 0 Å². The molecular weight excluding hydrogens is 266 g/mol. The van der Waals surface area contributed by atoms with E-state index in [2.05, 4.69) is 69.8 Å². The maximum Gasteiger partial charge on any atom is 0.212 e. The van der Waals surface area contributed by atoms with Crippen LogP contribution in [0.2, 0.25) is 0 Å². The molecule has 1 aromatic heterocycles. The minimum Gasteiger partial charge on any atom is -0.201 e. The highest BCUT2D eigenvalue weighted by Crippen LogP contribution is 2.30. The van der Waals surface area contributed by atoms with Gasteiger partial charge in [-0.25, -0.2) is 4.57 Å². The van der Waals surface area contributed by atoms with E-state index in [0.717, 1.165) is 6.42 Å². The summed E-state index contributed by atoms with van der Waals surface area (Å²) in [6, 6.07) is 9.43. The standard InChI is InChI=1S/C21H28N/c1-15-11-17-7-6-8-18(17)12-19(15)20-10-9-16(14-22(20)5)13-21(2,3)4/h9-12,14H,6-8,13H2,1-5H3/q+1. The van der Waals surface area contributed by atoms with E-state index in [1.165, 1.54) is 41.6 Å². The predicted molar refractivity (Wildman–Crippen MR) is 93.0 cm³/mol. The summed E-state index contributed by atoms with van der Waals surface area (Å²) in [5.74, 6) is 0. The number of nitrogens with zero attached hydrogens (tertiary/aromatic N) is 1. The third-order valence-electron chi connectivity index (χ3n) is 4.64. The molecule has 1 heteroatoms. The van der Waals surface area contributed by atoms with E-state index in [1.807, 2.05) is 0 Å². The average molecular weight is 294 g/mol. The smallest absolute Gasteiger partial charge is 0.201 e. The largest absolute Gasteiger partial charge is 0.212 e. The molecule has 22 heavy (non-hydrogen) atoms. The maximum atomic E-state index is 2.43. The molecule has 0 unspecified atom stereocenters. The molecule has 0 fully saturated rings. The van der Waals surface area contributed by atoms with Crippen LogP contribution in [0.25, 0.3) is 11.3 Å². The Morgan fingerprint density at radius 2 is 1.73 bits per heavy atom. The molecule has 1 aliphatic rings. The minimum atomic E-state index is 0.331. The second-order valence-corrected chi connectivity index (χ2v) is 8.06. The van der Waals surface area contributed by atoms with E-state index in [4.69, 9.17) is 0 Å². The van der Waals surface area contributed by atoms with Crippen molar-refractivity contribution in [3.8, 4) is 11.3 Å². The van der Waals surface area contributed by atoms with Crippen molar-refractivity contribution in [2.45, 2.75) is 53.4 Å². The number of benzene rings is 1. The second-order valence-electron chi connectivity index (χ2n) is 8.06. The number of aryl methyl sites for hydroxylation is 4. The molecule has 0 amide bonds. The van der Waals surface area contributed by atoms with Crippen LogP contribution in [0.15, 0.2) is 30.5 Å². The van der Waals surface area contributed by atoms with Crippen molar-refractivity contribution < 1.29 is 4.57 Å². The lowest BCUT2D eigenvalue weighted by atomic mass is 9.88. The molecule has 116 valence electrons. The van der Waals surface area contributed by atoms with Gasteiger partial charge in [0.05, 0.1) is 0 Å². The molecule has 2 aromatic rings. The van der Waals surface area contributed by atoms with Gasteiger partial charge in [-0.3, -0.25) is 0 Å². The first-order valence-corrected chi connectivity index (χ1v) is 8.45. The van der Waals surface area contributed by atoms with Crippen molar-refractivity contribution >= 4 is 0 Å². The van der Waals surface area contributed by atoms with Crippen LogP contribution >= 0.6 is 0 Å². The van der Waals surface area contributed by atoms with Crippen LogP contribution in [-0.2, 0) is 26.3 Å². The zero-order valence-electron chi connectivity index (χ0n) is 14.7. The summed E-state index contributed by atoms with van der Waals surface area (Å²) in [6.45, 7) is 9.14. The van der Waals surface area contributed by atoms with Crippen molar-refractivity contribution in [3.63, 3.8) is 0 Å². The fourth-order valence-corrected chi connectivity index (χ4v) is 3.68. The Morgan fingerprint density at radius 1 is 1.05 bits per heavy atom. The summed E-state index contributed by atoms with van der Waals surface area (Å²) in [6.07, 6.45) is 7.23. The number of hydrogen-bond donors (Lipinski definition) is 0. The Balaban J connectivity index is 1.99. The summed E-state index contributed by atoms with van der Waals surface area (Å²) < 4.78 is 2.30. The van der Waals surface area contributed by atoms with E-state index in [1.54, 1.807) is 11.1 Å². The zero-order chi connectivity index (χ0) is 15.9. The van der Waals surface area contributed by atoms with Gasteiger partial charge in [0.25, 0.3) is 0 Å². The molecule has 1 nitrogen and oxygen atoms in total. The Hall–Kier alpha value is -1.63.